The zero-order chi connectivity index (χ0) is 21.9. The molecule has 2 aromatic rings. The molecule has 2 aromatic heterocycles. The molecule has 0 amide bonds. The number of nitrogens with one attached hydrogen (secondary N) is 1. The van der Waals surface area contributed by atoms with Gasteiger partial charge in [0.2, 0.25) is 5.88 Å². The Morgan fingerprint density at radius 2 is 1.76 bits per heavy atom. The molecule has 0 fully saturated rings. The number of hydrogen-bond donors (Lipinski definition) is 4. The Labute approximate surface area is 169 Å². The highest BCUT2D eigenvalue weighted by atomic mass is 16.5. The van der Waals surface area contributed by atoms with Gasteiger partial charge in [0.25, 0.3) is 0 Å². The van der Waals surface area contributed by atoms with E-state index < -0.39 is 18.0 Å². The number of ether oxygens (including phenoxy) is 1. The number of aromatic nitrogens is 2. The third-order valence-corrected chi connectivity index (χ3v) is 3.28. The average molecular weight is 405 g/mol. The number of aliphatic carboxylic acids is 2. The van der Waals surface area contributed by atoms with E-state index in [0.29, 0.717) is 24.6 Å². The van der Waals surface area contributed by atoms with Crippen molar-refractivity contribution >= 4 is 11.9 Å². The van der Waals surface area contributed by atoms with Crippen LogP contribution in [-0.4, -0.2) is 61.6 Å². The van der Waals surface area contributed by atoms with Crippen LogP contribution in [0.3, 0.4) is 0 Å². The van der Waals surface area contributed by atoms with Crippen molar-refractivity contribution < 1.29 is 29.6 Å². The van der Waals surface area contributed by atoms with Crippen LogP contribution in [0.4, 0.5) is 0 Å². The number of nitrogens with zero attached hydrogens (tertiary/aromatic N) is 2. The number of carbonyl (C=O) groups is 2. The van der Waals surface area contributed by atoms with E-state index >= 15 is 0 Å². The minimum absolute atomic E-state index is 0.0255. The Kier molecular flexibility index (Phi) is 9.57. The van der Waals surface area contributed by atoms with Gasteiger partial charge in [-0.15, -0.1) is 0 Å². The first-order chi connectivity index (χ1) is 13.6. The van der Waals surface area contributed by atoms with Crippen LogP contribution in [0.5, 0.6) is 5.88 Å². The monoisotopic (exact) mass is 405 g/mol. The molecule has 0 aliphatic rings. The molecule has 0 unspecified atom stereocenters. The van der Waals surface area contributed by atoms with Gasteiger partial charge >= 0.3 is 11.9 Å². The van der Waals surface area contributed by atoms with Crippen LogP contribution in [0.15, 0.2) is 55.0 Å². The van der Waals surface area contributed by atoms with Crippen LogP contribution in [-0.2, 0) is 9.59 Å². The number of carboxylic acid groups (broad SMARTS) is 2. The van der Waals surface area contributed by atoms with Crippen LogP contribution in [0.25, 0.3) is 5.69 Å². The van der Waals surface area contributed by atoms with Crippen molar-refractivity contribution in [3.8, 4) is 11.6 Å². The van der Waals surface area contributed by atoms with Crippen LogP contribution in [0.1, 0.15) is 20.8 Å². The fraction of sp³-hybridized carbons (Fsp3) is 0.350. The second kappa shape index (κ2) is 11.6. The minimum atomic E-state index is -1.26. The highest BCUT2D eigenvalue weighted by Gasteiger charge is 2.14. The van der Waals surface area contributed by atoms with E-state index in [0.717, 1.165) is 5.69 Å². The predicted octanol–water partition coefficient (Wildman–Crippen LogP) is 1.71. The lowest BCUT2D eigenvalue weighted by molar-refractivity contribution is -0.134. The van der Waals surface area contributed by atoms with Crippen molar-refractivity contribution in [3.05, 3.63) is 55.0 Å². The predicted molar refractivity (Wildman–Crippen MR) is 107 cm³/mol. The van der Waals surface area contributed by atoms with Gasteiger partial charge in [-0.1, -0.05) is 0 Å². The molecule has 9 nitrogen and oxygen atoms in total. The molecule has 29 heavy (non-hydrogen) atoms. The summed E-state index contributed by atoms with van der Waals surface area (Å²) in [6.45, 7) is 6.86. The van der Waals surface area contributed by atoms with Gasteiger partial charge in [-0.2, -0.15) is 0 Å². The number of aliphatic hydroxyl groups excluding tert-OH is 1. The topological polar surface area (TPSA) is 134 Å². The number of hydrogen-bond acceptors (Lipinski definition) is 6. The van der Waals surface area contributed by atoms with E-state index in [9.17, 15) is 14.7 Å². The molecule has 0 aromatic carbocycles. The molecule has 158 valence electrons. The molecular formula is C20H27N3O6. The Balaban J connectivity index is 0.000000447. The summed E-state index contributed by atoms with van der Waals surface area (Å²) in [5, 5.41) is 28.8. The summed E-state index contributed by atoms with van der Waals surface area (Å²) in [6.07, 6.45) is 6.08. The van der Waals surface area contributed by atoms with Crippen molar-refractivity contribution in [2.75, 3.05) is 13.2 Å². The van der Waals surface area contributed by atoms with Crippen LogP contribution in [0, 0.1) is 0 Å². The smallest absolute Gasteiger partial charge is 0.328 e. The number of β-amino-alcohol motifs (C(OH)–C–C–N with tert-alkyl or cyclic N) is 1. The highest BCUT2D eigenvalue weighted by Crippen LogP contribution is 2.19. The van der Waals surface area contributed by atoms with Gasteiger partial charge in [0.1, 0.15) is 18.4 Å². The quantitative estimate of drug-likeness (QED) is 0.488. The Bertz CT molecular complexity index is 781. The molecule has 9 heteroatoms. The fourth-order valence-electron chi connectivity index (χ4n) is 1.99. The zero-order valence-corrected chi connectivity index (χ0v) is 16.6. The van der Waals surface area contributed by atoms with E-state index in [-0.39, 0.29) is 12.1 Å². The van der Waals surface area contributed by atoms with E-state index in [4.69, 9.17) is 14.9 Å². The van der Waals surface area contributed by atoms with E-state index in [2.05, 4.69) is 31.1 Å². The molecule has 0 saturated carbocycles. The van der Waals surface area contributed by atoms with Crippen molar-refractivity contribution in [2.45, 2.75) is 32.4 Å². The molecule has 0 spiro atoms. The van der Waals surface area contributed by atoms with Crippen molar-refractivity contribution in [2.24, 2.45) is 0 Å². The lowest BCUT2D eigenvalue weighted by Gasteiger charge is -2.23. The van der Waals surface area contributed by atoms with Gasteiger partial charge in [0.15, 0.2) is 0 Å². The summed E-state index contributed by atoms with van der Waals surface area (Å²) in [6, 6.07) is 7.68. The first kappa shape index (κ1) is 23.9. The van der Waals surface area contributed by atoms with Gasteiger partial charge in [-0.25, -0.2) is 14.6 Å². The normalized spacial score (nSPS) is 12.1. The molecule has 1 atom stereocenters. The SMILES string of the molecule is CC(C)(C)NC[C@H](O)COc1ncccc1-n1cccc1.O=C(O)/C=C\C(=O)O. The second-order valence-corrected chi connectivity index (χ2v) is 7.02. The maximum absolute atomic E-state index is 9.97. The Morgan fingerprint density at radius 3 is 2.28 bits per heavy atom. The summed E-state index contributed by atoms with van der Waals surface area (Å²) < 4.78 is 7.60. The average Bonchev–Trinajstić information content (AvgIpc) is 3.18. The first-order valence-corrected chi connectivity index (χ1v) is 8.86. The lowest BCUT2D eigenvalue weighted by Crippen LogP contribution is -2.42. The highest BCUT2D eigenvalue weighted by molar-refractivity contribution is 5.89. The molecule has 0 aliphatic carbocycles. The Morgan fingerprint density at radius 1 is 1.17 bits per heavy atom. The molecule has 0 radical (unpaired) electrons. The summed E-state index contributed by atoms with van der Waals surface area (Å²) in [4.78, 5) is 23.3. The van der Waals surface area contributed by atoms with E-state index in [1.807, 2.05) is 41.2 Å². The fourth-order valence-corrected chi connectivity index (χ4v) is 1.99. The molecular weight excluding hydrogens is 378 g/mol. The van der Waals surface area contributed by atoms with Gasteiger partial charge in [0.05, 0.1) is 0 Å². The summed E-state index contributed by atoms with van der Waals surface area (Å²) in [5.74, 6) is -2.00. The zero-order valence-electron chi connectivity index (χ0n) is 16.6. The van der Waals surface area contributed by atoms with Gasteiger partial charge in [-0.3, -0.25) is 0 Å². The van der Waals surface area contributed by atoms with Crippen molar-refractivity contribution in [1.82, 2.24) is 14.9 Å². The van der Waals surface area contributed by atoms with Crippen LogP contribution < -0.4 is 10.1 Å². The van der Waals surface area contributed by atoms with Gasteiger partial charge in [-0.05, 0) is 45.0 Å². The molecule has 4 N–H and O–H groups in total. The van der Waals surface area contributed by atoms with Gasteiger partial charge in [0, 0.05) is 42.8 Å². The van der Waals surface area contributed by atoms with Crippen molar-refractivity contribution in [3.63, 3.8) is 0 Å². The lowest BCUT2D eigenvalue weighted by atomic mass is 10.1. The second-order valence-electron chi connectivity index (χ2n) is 7.02. The maximum atomic E-state index is 9.97. The largest absolute Gasteiger partial charge is 0.478 e. The number of rotatable bonds is 8. The van der Waals surface area contributed by atoms with Crippen LogP contribution in [0.2, 0.25) is 0 Å². The number of carboxylic acids is 2. The first-order valence-electron chi connectivity index (χ1n) is 8.86. The van der Waals surface area contributed by atoms with E-state index in [1.54, 1.807) is 6.20 Å². The number of aliphatic hydroxyl groups is 1. The molecule has 2 rings (SSSR count). The van der Waals surface area contributed by atoms with Crippen LogP contribution >= 0.6 is 0 Å². The van der Waals surface area contributed by atoms with E-state index in [1.165, 1.54) is 0 Å². The molecule has 0 saturated heterocycles. The standard InChI is InChI=1S/C16H23N3O2.C4H4O4/c1-16(2,3)18-11-13(20)12-21-15-14(7-6-8-17-15)19-9-4-5-10-19;5-3(6)1-2-4(7)8/h4-10,13,18,20H,11-12H2,1-3H3;1-2H,(H,5,6)(H,7,8)/b;2-1-/t13-;/m0./s1. The third kappa shape index (κ3) is 10.7. The summed E-state index contributed by atoms with van der Waals surface area (Å²) >= 11 is 0. The summed E-state index contributed by atoms with van der Waals surface area (Å²) in [5.41, 5.74) is 0.834. The minimum Gasteiger partial charge on any atom is -0.478 e. The number of pyridine rings is 1. The summed E-state index contributed by atoms with van der Waals surface area (Å²) in [7, 11) is 0. The maximum Gasteiger partial charge on any atom is 0.328 e. The molecule has 0 aliphatic heterocycles. The third-order valence-electron chi connectivity index (χ3n) is 3.28. The molecule has 0 bridgehead atoms. The Hall–Kier alpha value is -3.17. The molecule has 2 heterocycles. The van der Waals surface area contributed by atoms with Crippen molar-refractivity contribution in [1.29, 1.82) is 0 Å². The van der Waals surface area contributed by atoms with Gasteiger partial charge < -0.3 is 29.9 Å².